The summed E-state index contributed by atoms with van der Waals surface area (Å²) in [5.74, 6) is 0.522. The Labute approximate surface area is 163 Å². The summed E-state index contributed by atoms with van der Waals surface area (Å²) in [5.41, 5.74) is 1.62. The molecule has 25 heavy (non-hydrogen) atoms. The van der Waals surface area contributed by atoms with Crippen molar-refractivity contribution in [3.8, 4) is 10.6 Å². The lowest BCUT2D eigenvalue weighted by Crippen LogP contribution is -2.31. The second-order valence-corrected chi connectivity index (χ2v) is 7.68. The molecule has 3 aromatic rings. The van der Waals surface area contributed by atoms with Crippen LogP contribution in [0, 0.1) is 6.92 Å². The van der Waals surface area contributed by atoms with Gasteiger partial charge in [0.25, 0.3) is 5.91 Å². The maximum atomic E-state index is 13.0. The van der Waals surface area contributed by atoms with Crippen LogP contribution >= 0.6 is 38.9 Å². The Hall–Kier alpha value is -1.76. The minimum absolute atomic E-state index is 0.0967. The fourth-order valence-electron chi connectivity index (χ4n) is 2.40. The second kappa shape index (κ2) is 7.64. The van der Waals surface area contributed by atoms with Crippen molar-refractivity contribution in [2.24, 2.45) is 0 Å². The third kappa shape index (κ3) is 3.92. The van der Waals surface area contributed by atoms with E-state index in [1.807, 2.05) is 50.2 Å². The van der Waals surface area contributed by atoms with Gasteiger partial charge in [-0.25, -0.2) is 9.97 Å². The van der Waals surface area contributed by atoms with Crippen LogP contribution in [0.2, 0.25) is 5.02 Å². The number of anilines is 1. The predicted molar refractivity (Wildman–Crippen MR) is 107 cm³/mol. The van der Waals surface area contributed by atoms with Crippen LogP contribution in [0.5, 0.6) is 0 Å². The van der Waals surface area contributed by atoms with Crippen molar-refractivity contribution < 1.29 is 4.79 Å². The number of aromatic nitrogens is 2. The number of benzene rings is 1. The van der Waals surface area contributed by atoms with E-state index in [4.69, 9.17) is 11.6 Å². The summed E-state index contributed by atoms with van der Waals surface area (Å²) in [6.07, 6.45) is 1.68. The number of hydrogen-bond donors (Lipinski definition) is 0. The average Bonchev–Trinajstić information content (AvgIpc) is 2.99. The summed E-state index contributed by atoms with van der Waals surface area (Å²) in [5, 5.41) is 1.43. The van der Waals surface area contributed by atoms with E-state index in [-0.39, 0.29) is 5.91 Å². The summed E-state index contributed by atoms with van der Waals surface area (Å²) in [6.45, 7) is 4.30. The fourth-order valence-corrected chi connectivity index (χ4v) is 3.84. The van der Waals surface area contributed by atoms with Crippen molar-refractivity contribution in [3.63, 3.8) is 0 Å². The third-order valence-electron chi connectivity index (χ3n) is 3.61. The van der Waals surface area contributed by atoms with Crippen molar-refractivity contribution in [3.05, 3.63) is 62.7 Å². The van der Waals surface area contributed by atoms with Crippen molar-refractivity contribution in [2.75, 3.05) is 11.4 Å². The first-order valence-electron chi connectivity index (χ1n) is 7.66. The van der Waals surface area contributed by atoms with Crippen LogP contribution in [0.4, 0.5) is 5.82 Å². The zero-order chi connectivity index (χ0) is 18.0. The topological polar surface area (TPSA) is 46.1 Å². The van der Waals surface area contributed by atoms with Gasteiger partial charge in [-0.2, -0.15) is 0 Å². The van der Waals surface area contributed by atoms with Crippen LogP contribution in [0.25, 0.3) is 10.6 Å². The highest BCUT2D eigenvalue weighted by Gasteiger charge is 2.23. The predicted octanol–water partition coefficient (Wildman–Crippen LogP) is 5.60. The minimum atomic E-state index is -0.0967. The number of carbonyl (C=O) groups is 1. The van der Waals surface area contributed by atoms with Crippen LogP contribution in [-0.2, 0) is 0 Å². The molecule has 0 radical (unpaired) electrons. The number of pyridine rings is 1. The molecule has 0 saturated heterocycles. The van der Waals surface area contributed by atoms with E-state index < -0.39 is 0 Å². The van der Waals surface area contributed by atoms with Gasteiger partial charge in [0.1, 0.15) is 15.7 Å². The molecule has 0 unspecified atom stereocenters. The van der Waals surface area contributed by atoms with Gasteiger partial charge in [0.05, 0.1) is 5.69 Å². The Morgan fingerprint density at radius 1 is 1.32 bits per heavy atom. The van der Waals surface area contributed by atoms with E-state index in [2.05, 4.69) is 25.9 Å². The highest BCUT2D eigenvalue weighted by Crippen LogP contribution is 2.31. The molecule has 0 spiro atoms. The summed E-state index contributed by atoms with van der Waals surface area (Å²) < 4.78 is 0.872. The number of halogens is 2. The van der Waals surface area contributed by atoms with Gasteiger partial charge in [0.2, 0.25) is 0 Å². The lowest BCUT2D eigenvalue weighted by molar-refractivity contribution is 0.0990. The molecule has 0 N–H and O–H groups in total. The van der Waals surface area contributed by atoms with Gasteiger partial charge in [-0.15, -0.1) is 11.3 Å². The molecule has 1 amide bonds. The minimum Gasteiger partial charge on any atom is -0.292 e. The highest BCUT2D eigenvalue weighted by atomic mass is 79.9. The zero-order valence-electron chi connectivity index (χ0n) is 13.7. The molecule has 0 aliphatic carbocycles. The monoisotopic (exact) mass is 435 g/mol. The number of carbonyl (C=O) groups excluding carboxylic acids is 1. The van der Waals surface area contributed by atoms with Gasteiger partial charge in [0.15, 0.2) is 0 Å². The maximum absolute atomic E-state index is 13.0. The number of nitrogens with zero attached hydrogens (tertiary/aromatic N) is 3. The number of amides is 1. The SMILES string of the molecule is CCN(C(=O)c1sc(-c2cccc(Cl)c2)nc1C)c1ccc(Br)cn1. The first kappa shape index (κ1) is 18.0. The Kier molecular flexibility index (Phi) is 5.51. The van der Waals surface area contributed by atoms with E-state index in [9.17, 15) is 4.79 Å². The number of thiazole rings is 1. The molecule has 0 saturated carbocycles. The largest absolute Gasteiger partial charge is 0.292 e. The van der Waals surface area contributed by atoms with E-state index in [1.165, 1.54) is 11.3 Å². The van der Waals surface area contributed by atoms with Crippen molar-refractivity contribution in [1.82, 2.24) is 9.97 Å². The second-order valence-electron chi connectivity index (χ2n) is 5.33. The molecular formula is C18H15BrClN3OS. The van der Waals surface area contributed by atoms with Crippen LogP contribution in [-0.4, -0.2) is 22.4 Å². The van der Waals surface area contributed by atoms with Crippen molar-refractivity contribution in [1.29, 1.82) is 0 Å². The molecule has 2 aromatic heterocycles. The van der Waals surface area contributed by atoms with Gasteiger partial charge in [0, 0.05) is 27.8 Å². The van der Waals surface area contributed by atoms with E-state index >= 15 is 0 Å². The highest BCUT2D eigenvalue weighted by molar-refractivity contribution is 9.10. The van der Waals surface area contributed by atoms with Gasteiger partial charge >= 0.3 is 0 Å². The van der Waals surface area contributed by atoms with Gasteiger partial charge in [-0.1, -0.05) is 23.7 Å². The Morgan fingerprint density at radius 2 is 2.12 bits per heavy atom. The van der Waals surface area contributed by atoms with Gasteiger partial charge in [-0.3, -0.25) is 9.69 Å². The zero-order valence-corrected chi connectivity index (χ0v) is 16.8. The van der Waals surface area contributed by atoms with E-state index in [1.54, 1.807) is 11.1 Å². The molecule has 0 aliphatic heterocycles. The van der Waals surface area contributed by atoms with Crippen LogP contribution in [0.3, 0.4) is 0 Å². The third-order valence-corrected chi connectivity index (χ3v) is 5.51. The van der Waals surface area contributed by atoms with Gasteiger partial charge in [-0.05, 0) is 54.0 Å². The summed E-state index contributed by atoms with van der Waals surface area (Å²) in [4.78, 5) is 24.2. The van der Waals surface area contributed by atoms with E-state index in [0.717, 1.165) is 15.0 Å². The smallest absolute Gasteiger partial charge is 0.271 e. The van der Waals surface area contributed by atoms with Gasteiger partial charge < -0.3 is 0 Å². The van der Waals surface area contributed by atoms with E-state index in [0.29, 0.717) is 28.0 Å². The van der Waals surface area contributed by atoms with Crippen molar-refractivity contribution >= 4 is 50.6 Å². The normalized spacial score (nSPS) is 10.7. The first-order valence-corrected chi connectivity index (χ1v) is 9.65. The lowest BCUT2D eigenvalue weighted by atomic mass is 10.2. The molecule has 1 aromatic carbocycles. The first-order chi connectivity index (χ1) is 12.0. The van der Waals surface area contributed by atoms with Crippen LogP contribution < -0.4 is 4.90 Å². The standard InChI is InChI=1S/C18H15BrClN3OS/c1-3-23(15-8-7-13(19)10-21-15)18(24)16-11(2)22-17(25-16)12-5-4-6-14(20)9-12/h4-10H,3H2,1-2H3. The number of aryl methyl sites for hydroxylation is 1. The molecule has 3 rings (SSSR count). The quantitative estimate of drug-likeness (QED) is 0.535. The lowest BCUT2D eigenvalue weighted by Gasteiger charge is -2.19. The number of hydrogen-bond acceptors (Lipinski definition) is 4. The molecule has 0 atom stereocenters. The Morgan fingerprint density at radius 3 is 2.76 bits per heavy atom. The maximum Gasteiger partial charge on any atom is 0.271 e. The average molecular weight is 437 g/mol. The van der Waals surface area contributed by atoms with Crippen LogP contribution in [0.15, 0.2) is 47.1 Å². The Bertz CT molecular complexity index is 911. The van der Waals surface area contributed by atoms with Crippen LogP contribution in [0.1, 0.15) is 22.3 Å². The molecule has 128 valence electrons. The molecular weight excluding hydrogens is 422 g/mol. The fraction of sp³-hybridized carbons (Fsp3) is 0.167. The molecule has 0 fully saturated rings. The molecule has 2 heterocycles. The molecule has 0 bridgehead atoms. The number of rotatable bonds is 4. The summed E-state index contributed by atoms with van der Waals surface area (Å²) in [6, 6.07) is 11.2. The van der Waals surface area contributed by atoms with Crippen molar-refractivity contribution in [2.45, 2.75) is 13.8 Å². The molecule has 7 heteroatoms. The summed E-state index contributed by atoms with van der Waals surface area (Å²) >= 11 is 10.8. The summed E-state index contributed by atoms with van der Waals surface area (Å²) in [7, 11) is 0. The Balaban J connectivity index is 1.95. The molecule has 4 nitrogen and oxygen atoms in total. The molecule has 0 aliphatic rings.